The minimum absolute atomic E-state index is 0.251. The first kappa shape index (κ1) is 17.2. The molecule has 0 aromatic carbocycles. The van der Waals surface area contributed by atoms with Gasteiger partial charge in [0.05, 0.1) is 23.6 Å². The molecule has 1 atom stereocenters. The van der Waals surface area contributed by atoms with Crippen LogP contribution in [0.5, 0.6) is 0 Å². The van der Waals surface area contributed by atoms with Gasteiger partial charge >= 0.3 is 0 Å². The number of ether oxygens (including phenoxy) is 1. The van der Waals surface area contributed by atoms with Gasteiger partial charge in [-0.15, -0.1) is 11.3 Å². The van der Waals surface area contributed by atoms with Crippen LogP contribution in [-0.4, -0.2) is 44.7 Å². The highest BCUT2D eigenvalue weighted by molar-refractivity contribution is 7.10. The van der Waals surface area contributed by atoms with E-state index >= 15 is 0 Å². The van der Waals surface area contributed by atoms with Crippen molar-refractivity contribution in [2.45, 2.75) is 13.0 Å². The molecule has 21 heavy (non-hydrogen) atoms. The first-order valence-corrected chi connectivity index (χ1v) is 7.31. The number of carbonyl (C=O) groups excluding carboxylic acids is 2. The predicted octanol–water partition coefficient (Wildman–Crippen LogP) is -0.0608. The monoisotopic (exact) mass is 309 g/mol. The molecule has 0 saturated heterocycles. The molecule has 1 heterocycles. The summed E-state index contributed by atoms with van der Waals surface area (Å²) >= 11 is 1.36. The molecule has 114 valence electrons. The molecule has 0 aliphatic carbocycles. The predicted molar refractivity (Wildman–Crippen MR) is 82.1 cm³/mol. The van der Waals surface area contributed by atoms with E-state index in [0.717, 1.165) is 4.88 Å². The molecule has 7 heteroatoms. The molecule has 1 rings (SSSR count). The molecule has 1 unspecified atom stereocenters. The first-order chi connectivity index (χ1) is 10.1. The third-order valence-corrected chi connectivity index (χ3v) is 3.37. The second kappa shape index (κ2) is 9.13. The van der Waals surface area contributed by atoms with Crippen molar-refractivity contribution in [1.29, 1.82) is 0 Å². The molecule has 0 fully saturated rings. The van der Waals surface area contributed by atoms with Crippen molar-refractivity contribution in [3.63, 3.8) is 0 Å². The number of amides is 2. The number of rotatable bonds is 6. The van der Waals surface area contributed by atoms with Gasteiger partial charge in [-0.05, 0) is 13.0 Å². The fourth-order valence-electron chi connectivity index (χ4n) is 1.43. The lowest BCUT2D eigenvalue weighted by Gasteiger charge is -2.13. The topological polar surface area (TPSA) is 93.5 Å². The summed E-state index contributed by atoms with van der Waals surface area (Å²) in [5.41, 5.74) is 5.77. The number of nitrogens with one attached hydrogen (secondary N) is 2. The summed E-state index contributed by atoms with van der Waals surface area (Å²) in [5, 5.41) is 7.00. The zero-order valence-electron chi connectivity index (χ0n) is 12.1. The third kappa shape index (κ3) is 5.95. The quantitative estimate of drug-likeness (QED) is 0.507. The Kier molecular flexibility index (Phi) is 7.46. The van der Waals surface area contributed by atoms with Crippen LogP contribution in [0, 0.1) is 11.8 Å². The molecular weight excluding hydrogens is 290 g/mol. The Morgan fingerprint density at radius 2 is 2.29 bits per heavy atom. The Hall–Kier alpha value is -1.88. The number of methoxy groups -OCH3 is 1. The Morgan fingerprint density at radius 1 is 1.52 bits per heavy atom. The fraction of sp³-hybridized carbons (Fsp3) is 0.429. The van der Waals surface area contributed by atoms with Gasteiger partial charge in [0.25, 0.3) is 5.91 Å². The second-order valence-electron chi connectivity index (χ2n) is 4.18. The Balaban J connectivity index is 2.52. The van der Waals surface area contributed by atoms with Gasteiger partial charge in [0.2, 0.25) is 5.91 Å². The van der Waals surface area contributed by atoms with Crippen molar-refractivity contribution < 1.29 is 14.3 Å². The molecule has 0 aliphatic heterocycles. The Morgan fingerprint density at radius 3 is 2.95 bits per heavy atom. The van der Waals surface area contributed by atoms with Crippen LogP contribution in [0.15, 0.2) is 11.4 Å². The van der Waals surface area contributed by atoms with Gasteiger partial charge in [0.15, 0.2) is 0 Å². The highest BCUT2D eigenvalue weighted by atomic mass is 32.1. The van der Waals surface area contributed by atoms with Crippen molar-refractivity contribution in [2.24, 2.45) is 5.73 Å². The zero-order valence-corrected chi connectivity index (χ0v) is 12.9. The van der Waals surface area contributed by atoms with Crippen LogP contribution in [0.3, 0.4) is 0 Å². The van der Waals surface area contributed by atoms with E-state index in [4.69, 9.17) is 10.5 Å². The maximum absolute atomic E-state index is 12.0. The summed E-state index contributed by atoms with van der Waals surface area (Å²) in [6.07, 6.45) is 0. The van der Waals surface area contributed by atoms with Gasteiger partial charge in [-0.1, -0.05) is 11.8 Å². The van der Waals surface area contributed by atoms with Crippen LogP contribution in [0.4, 0.5) is 0 Å². The summed E-state index contributed by atoms with van der Waals surface area (Å²) in [6.45, 7) is 2.74. The smallest absolute Gasteiger partial charge is 0.252 e. The normalized spacial score (nSPS) is 11.2. The first-order valence-electron chi connectivity index (χ1n) is 6.43. The molecule has 0 bridgehead atoms. The fourth-order valence-corrected chi connectivity index (χ4v) is 2.19. The second-order valence-corrected chi connectivity index (χ2v) is 5.10. The number of carbonyl (C=O) groups is 2. The van der Waals surface area contributed by atoms with E-state index in [1.807, 2.05) is 0 Å². The molecule has 1 aromatic heterocycles. The maximum Gasteiger partial charge on any atom is 0.252 e. The van der Waals surface area contributed by atoms with E-state index in [1.54, 1.807) is 25.5 Å². The summed E-state index contributed by atoms with van der Waals surface area (Å²) in [4.78, 5) is 24.5. The lowest BCUT2D eigenvalue weighted by Crippen LogP contribution is -2.45. The third-order valence-electron chi connectivity index (χ3n) is 2.52. The van der Waals surface area contributed by atoms with Crippen molar-refractivity contribution in [2.75, 3.05) is 26.8 Å². The molecule has 1 aromatic rings. The van der Waals surface area contributed by atoms with Crippen LogP contribution in [0.25, 0.3) is 0 Å². The van der Waals surface area contributed by atoms with Crippen LogP contribution in [-0.2, 0) is 9.53 Å². The highest BCUT2D eigenvalue weighted by Gasteiger charge is 2.16. The average molecular weight is 309 g/mol. The number of thiophene rings is 1. The maximum atomic E-state index is 12.0. The molecule has 0 aliphatic rings. The van der Waals surface area contributed by atoms with Gasteiger partial charge in [-0.25, -0.2) is 0 Å². The van der Waals surface area contributed by atoms with E-state index in [2.05, 4.69) is 22.5 Å². The van der Waals surface area contributed by atoms with E-state index in [1.165, 1.54) is 11.3 Å². The largest absolute Gasteiger partial charge is 0.383 e. The molecule has 6 nitrogen and oxygen atoms in total. The lowest BCUT2D eigenvalue weighted by atomic mass is 10.2. The number of hydrogen-bond acceptors (Lipinski definition) is 5. The van der Waals surface area contributed by atoms with Crippen LogP contribution >= 0.6 is 11.3 Å². The van der Waals surface area contributed by atoms with Gasteiger partial charge in [-0.2, -0.15) is 0 Å². The number of nitrogens with two attached hydrogens (primary N) is 1. The molecular formula is C14H19N3O3S. The van der Waals surface area contributed by atoms with Crippen LogP contribution in [0.1, 0.15) is 22.2 Å². The summed E-state index contributed by atoms with van der Waals surface area (Å²) in [6, 6.07) is 1.06. The van der Waals surface area contributed by atoms with Gasteiger partial charge in [0.1, 0.15) is 6.04 Å². The van der Waals surface area contributed by atoms with Crippen LogP contribution in [0.2, 0.25) is 0 Å². The van der Waals surface area contributed by atoms with E-state index in [-0.39, 0.29) is 18.4 Å². The number of hydrogen-bond donors (Lipinski definition) is 3. The van der Waals surface area contributed by atoms with Crippen molar-refractivity contribution in [1.82, 2.24) is 10.6 Å². The molecule has 0 saturated carbocycles. The minimum Gasteiger partial charge on any atom is -0.383 e. The van der Waals surface area contributed by atoms with Crippen molar-refractivity contribution >= 4 is 23.2 Å². The van der Waals surface area contributed by atoms with Gasteiger partial charge < -0.3 is 21.1 Å². The van der Waals surface area contributed by atoms with Crippen molar-refractivity contribution in [3.8, 4) is 11.8 Å². The SMILES string of the molecule is COCCNC(=O)C(C)NC(=O)c1csc(C#CCN)c1. The molecule has 0 spiro atoms. The average Bonchev–Trinajstić information content (AvgIpc) is 2.94. The zero-order chi connectivity index (χ0) is 15.7. The highest BCUT2D eigenvalue weighted by Crippen LogP contribution is 2.13. The summed E-state index contributed by atoms with van der Waals surface area (Å²) in [5.74, 6) is 5.03. The Bertz CT molecular complexity index is 545. The summed E-state index contributed by atoms with van der Waals surface area (Å²) < 4.78 is 4.83. The van der Waals surface area contributed by atoms with E-state index < -0.39 is 6.04 Å². The summed E-state index contributed by atoms with van der Waals surface area (Å²) in [7, 11) is 1.55. The van der Waals surface area contributed by atoms with Crippen LogP contribution < -0.4 is 16.4 Å². The minimum atomic E-state index is -0.618. The van der Waals surface area contributed by atoms with E-state index in [9.17, 15) is 9.59 Å². The van der Waals surface area contributed by atoms with Gasteiger partial charge in [-0.3, -0.25) is 9.59 Å². The molecule has 0 radical (unpaired) electrons. The van der Waals surface area contributed by atoms with E-state index in [0.29, 0.717) is 18.7 Å². The standard InChI is InChI=1S/C14H19N3O3S/c1-10(13(18)16-6-7-20-2)17-14(19)11-8-12(21-9-11)4-3-5-15/h8-10H,5-7,15H2,1-2H3,(H,16,18)(H,17,19). The molecule has 4 N–H and O–H groups in total. The molecule has 2 amide bonds. The van der Waals surface area contributed by atoms with Crippen molar-refractivity contribution in [3.05, 3.63) is 21.9 Å². The van der Waals surface area contributed by atoms with Gasteiger partial charge in [0, 0.05) is 19.0 Å². The Labute approximate surface area is 128 Å². The lowest BCUT2D eigenvalue weighted by molar-refractivity contribution is -0.122.